The number of sulfone groups is 2. The van der Waals surface area contributed by atoms with Crippen LogP contribution >= 0.6 is 0 Å². The summed E-state index contributed by atoms with van der Waals surface area (Å²) < 4.78 is 64.8. The van der Waals surface area contributed by atoms with Gasteiger partial charge in [0.15, 0.2) is 23.8 Å². The monoisotopic (exact) mass is 450 g/mol. The van der Waals surface area contributed by atoms with Crippen molar-refractivity contribution in [3.8, 4) is 0 Å². The van der Waals surface area contributed by atoms with Gasteiger partial charge in [-0.25, -0.2) is 16.8 Å². The highest BCUT2D eigenvalue weighted by Crippen LogP contribution is 2.57. The molecule has 0 spiro atoms. The van der Waals surface area contributed by atoms with Crippen LogP contribution in [0.15, 0.2) is 70.5 Å². The van der Waals surface area contributed by atoms with E-state index in [1.807, 2.05) is 0 Å². The van der Waals surface area contributed by atoms with Crippen molar-refractivity contribution in [3.63, 3.8) is 0 Å². The highest BCUT2D eigenvalue weighted by atomic mass is 32.3. The smallest absolute Gasteiger partial charge is 0.308 e. The minimum atomic E-state index is -4.46. The molecule has 0 bridgehead atoms. The van der Waals surface area contributed by atoms with Gasteiger partial charge >= 0.3 is 5.97 Å². The Hall–Kier alpha value is -2.23. The molecule has 2 fully saturated rings. The predicted molar refractivity (Wildman–Crippen MR) is 108 cm³/mol. The van der Waals surface area contributed by atoms with E-state index < -0.39 is 41.4 Å². The van der Waals surface area contributed by atoms with Crippen molar-refractivity contribution in [2.75, 3.05) is 7.11 Å². The highest BCUT2D eigenvalue weighted by Gasteiger charge is 2.72. The van der Waals surface area contributed by atoms with E-state index in [1.54, 1.807) is 36.4 Å². The third-order valence-corrected chi connectivity index (χ3v) is 12.0. The summed E-state index contributed by atoms with van der Waals surface area (Å²) in [6, 6.07) is 15.0. The zero-order valence-electron chi connectivity index (χ0n) is 16.4. The maximum Gasteiger partial charge on any atom is 0.308 e. The normalized spacial score (nSPS) is 26.0. The highest BCUT2D eigenvalue weighted by molar-refractivity contribution is 8.10. The van der Waals surface area contributed by atoms with Crippen molar-refractivity contribution in [2.24, 2.45) is 5.92 Å². The van der Waals surface area contributed by atoms with E-state index in [4.69, 9.17) is 9.47 Å². The third-order valence-electron chi connectivity index (χ3n) is 6.13. The molecule has 160 valence electrons. The van der Waals surface area contributed by atoms with E-state index >= 15 is 0 Å². The van der Waals surface area contributed by atoms with Gasteiger partial charge in [0, 0.05) is 13.5 Å². The first-order valence-electron chi connectivity index (χ1n) is 9.58. The molecule has 7 nitrogen and oxygen atoms in total. The van der Waals surface area contributed by atoms with Crippen molar-refractivity contribution >= 4 is 25.6 Å². The van der Waals surface area contributed by atoms with Gasteiger partial charge in [0.2, 0.25) is 5.79 Å². The average Bonchev–Trinajstić information content (AvgIpc) is 3.11. The molecular weight excluding hydrogens is 428 g/mol. The van der Waals surface area contributed by atoms with Crippen LogP contribution in [0.5, 0.6) is 0 Å². The zero-order chi connectivity index (χ0) is 21.6. The van der Waals surface area contributed by atoms with Crippen LogP contribution in [0.1, 0.15) is 25.7 Å². The molecule has 2 aliphatic rings. The Balaban J connectivity index is 2.06. The first kappa shape index (κ1) is 21.0. The Morgan fingerprint density at radius 1 is 0.867 bits per heavy atom. The van der Waals surface area contributed by atoms with Gasteiger partial charge in [-0.05, 0) is 37.1 Å². The van der Waals surface area contributed by atoms with E-state index in [-0.39, 0.29) is 35.5 Å². The molecule has 1 unspecified atom stereocenters. The van der Waals surface area contributed by atoms with Crippen LogP contribution in [0.2, 0.25) is 0 Å². The number of esters is 1. The summed E-state index contributed by atoms with van der Waals surface area (Å²) in [5.74, 6) is -3.47. The Morgan fingerprint density at radius 3 is 1.83 bits per heavy atom. The predicted octanol–water partition coefficient (Wildman–Crippen LogP) is 2.72. The number of carbonyl (C=O) groups is 1. The molecule has 1 aliphatic carbocycles. The molecule has 2 aromatic rings. The van der Waals surface area contributed by atoms with Gasteiger partial charge in [-0.15, -0.1) is 0 Å². The zero-order valence-corrected chi connectivity index (χ0v) is 18.0. The summed E-state index contributed by atoms with van der Waals surface area (Å²) in [7, 11) is -7.60. The maximum absolute atomic E-state index is 14.0. The molecule has 9 heteroatoms. The van der Waals surface area contributed by atoms with E-state index in [1.165, 1.54) is 31.4 Å². The molecule has 0 radical (unpaired) electrons. The Morgan fingerprint density at radius 2 is 1.37 bits per heavy atom. The number of rotatable bonds is 5. The molecule has 2 atom stereocenters. The van der Waals surface area contributed by atoms with Crippen LogP contribution in [0, 0.1) is 5.92 Å². The number of benzene rings is 2. The average molecular weight is 451 g/mol. The summed E-state index contributed by atoms with van der Waals surface area (Å²) in [6.07, 6.45) is -0.0775. The van der Waals surface area contributed by atoms with Gasteiger partial charge in [0.25, 0.3) is 0 Å². The van der Waals surface area contributed by atoms with Crippen molar-refractivity contribution in [2.45, 2.75) is 45.3 Å². The van der Waals surface area contributed by atoms with E-state index in [0.717, 1.165) is 0 Å². The van der Waals surface area contributed by atoms with Crippen LogP contribution < -0.4 is 0 Å². The molecule has 4 rings (SSSR count). The molecule has 2 aromatic carbocycles. The van der Waals surface area contributed by atoms with Crippen LogP contribution in [-0.4, -0.2) is 39.8 Å². The molecule has 1 heterocycles. The maximum atomic E-state index is 14.0. The van der Waals surface area contributed by atoms with E-state index in [0.29, 0.717) is 0 Å². The van der Waals surface area contributed by atoms with Crippen LogP contribution in [0.4, 0.5) is 0 Å². The molecule has 0 aromatic heterocycles. The van der Waals surface area contributed by atoms with Crippen LogP contribution in [0.3, 0.4) is 0 Å². The third kappa shape index (κ3) is 2.75. The van der Waals surface area contributed by atoms with Gasteiger partial charge in [0.05, 0.1) is 22.1 Å². The number of hydrogen-bond donors (Lipinski definition) is 0. The van der Waals surface area contributed by atoms with Gasteiger partial charge in [-0.2, -0.15) is 0 Å². The topological polar surface area (TPSA) is 104 Å². The Labute approximate surface area is 175 Å². The first-order valence-corrected chi connectivity index (χ1v) is 12.5. The lowest BCUT2D eigenvalue weighted by molar-refractivity contribution is -0.228. The number of methoxy groups -OCH3 is 1. The fourth-order valence-electron chi connectivity index (χ4n) is 4.77. The number of hydrogen-bond acceptors (Lipinski definition) is 7. The second-order valence-electron chi connectivity index (χ2n) is 7.55. The van der Waals surface area contributed by atoms with E-state index in [9.17, 15) is 21.6 Å². The number of fused-ring (bicyclic) bond motifs is 1. The van der Waals surface area contributed by atoms with Crippen molar-refractivity contribution in [1.29, 1.82) is 0 Å². The Kier molecular flexibility index (Phi) is 5.03. The summed E-state index contributed by atoms with van der Waals surface area (Å²) >= 11 is 0. The van der Waals surface area contributed by atoms with Crippen LogP contribution in [-0.2, 0) is 33.9 Å². The standard InChI is InChI=1S/C21H22O7S2/c1-27-20-13-8-14-21(18(20)15-19(22)28-20,29(23,24)16-9-4-2-5-10-16)30(25,26)17-11-6-3-7-12-17/h2-7,9-12,18H,8,13-15H2,1H3/t18-,20?/m0/s1. The van der Waals surface area contributed by atoms with Gasteiger partial charge < -0.3 is 9.47 Å². The second kappa shape index (κ2) is 7.18. The quantitative estimate of drug-likeness (QED) is 0.645. The summed E-state index contributed by atoms with van der Waals surface area (Å²) in [5.41, 5.74) is 0. The first-order chi connectivity index (χ1) is 14.2. The fourth-order valence-corrected chi connectivity index (χ4v) is 10.4. The second-order valence-corrected chi connectivity index (χ2v) is 12.2. The lowest BCUT2D eigenvalue weighted by atomic mass is 9.82. The Bertz CT molecular complexity index is 1090. The SMILES string of the molecule is COC12CCCC(S(=O)(=O)c3ccccc3)(S(=O)(=O)c3ccccc3)[C@H]1CC(=O)O2. The summed E-state index contributed by atoms with van der Waals surface area (Å²) in [4.78, 5) is 12.1. The molecule has 1 saturated heterocycles. The van der Waals surface area contributed by atoms with Crippen LogP contribution in [0.25, 0.3) is 0 Å². The minimum Gasteiger partial charge on any atom is -0.433 e. The van der Waals surface area contributed by atoms with Crippen molar-refractivity contribution < 1.29 is 31.1 Å². The molecule has 1 aliphatic heterocycles. The summed E-state index contributed by atoms with van der Waals surface area (Å²) in [5, 5.41) is 0. The van der Waals surface area contributed by atoms with Crippen molar-refractivity contribution in [1.82, 2.24) is 0 Å². The molecular formula is C21H22O7S2. The summed E-state index contributed by atoms with van der Waals surface area (Å²) in [6.45, 7) is 0. The largest absolute Gasteiger partial charge is 0.433 e. The number of carbonyl (C=O) groups excluding carboxylic acids is 1. The molecule has 30 heavy (non-hydrogen) atoms. The molecule has 0 amide bonds. The fraction of sp³-hybridized carbons (Fsp3) is 0.381. The molecule has 0 N–H and O–H groups in total. The van der Waals surface area contributed by atoms with Gasteiger partial charge in [0.1, 0.15) is 0 Å². The van der Waals surface area contributed by atoms with Crippen molar-refractivity contribution in [3.05, 3.63) is 60.7 Å². The lowest BCUT2D eigenvalue weighted by Gasteiger charge is -2.47. The van der Waals surface area contributed by atoms with Gasteiger partial charge in [-0.1, -0.05) is 36.4 Å². The minimum absolute atomic E-state index is 0.115. The lowest BCUT2D eigenvalue weighted by Crippen LogP contribution is -2.61. The molecule has 1 saturated carbocycles. The van der Waals surface area contributed by atoms with E-state index in [2.05, 4.69) is 0 Å². The number of ether oxygens (including phenoxy) is 2. The van der Waals surface area contributed by atoms with Gasteiger partial charge in [-0.3, -0.25) is 4.79 Å².